The minimum absolute atomic E-state index is 0.0476. The molecule has 1 atom stereocenters. The molecule has 1 aromatic rings. The molecule has 0 N–H and O–H groups in total. The quantitative estimate of drug-likeness (QED) is 0.770. The molecule has 0 saturated carbocycles. The van der Waals surface area contributed by atoms with E-state index in [9.17, 15) is 4.79 Å². The molecule has 94 valence electrons. The Balaban J connectivity index is 2.69. The van der Waals surface area contributed by atoms with Gasteiger partial charge in [-0.3, -0.25) is 4.79 Å². The van der Waals surface area contributed by atoms with Gasteiger partial charge in [0.2, 0.25) is 5.91 Å². The summed E-state index contributed by atoms with van der Waals surface area (Å²) in [6.45, 7) is 7.53. The second kappa shape index (κ2) is 7.07. The molecule has 2 nitrogen and oxygen atoms in total. The Labute approximate surface area is 116 Å². The van der Waals surface area contributed by atoms with Crippen LogP contribution in [0.3, 0.4) is 0 Å². The number of hydrogen-bond donors (Lipinski definition) is 0. The first-order valence-corrected chi connectivity index (χ1v) is 7.47. The van der Waals surface area contributed by atoms with Crippen molar-refractivity contribution in [3.63, 3.8) is 0 Å². The number of thioether (sulfide) groups is 1. The first-order valence-electron chi connectivity index (χ1n) is 5.80. The van der Waals surface area contributed by atoms with Gasteiger partial charge in [0.15, 0.2) is 0 Å². The molecule has 0 spiro atoms. The topological polar surface area (TPSA) is 20.3 Å². The van der Waals surface area contributed by atoms with Gasteiger partial charge in [-0.05, 0) is 48.8 Å². The summed E-state index contributed by atoms with van der Waals surface area (Å²) < 4.78 is 1.05. The van der Waals surface area contributed by atoms with Crippen molar-refractivity contribution in [3.8, 4) is 0 Å². The first-order chi connectivity index (χ1) is 8.10. The van der Waals surface area contributed by atoms with Crippen molar-refractivity contribution in [3.05, 3.63) is 28.7 Å². The van der Waals surface area contributed by atoms with Gasteiger partial charge in [-0.25, -0.2) is 0 Å². The van der Waals surface area contributed by atoms with Gasteiger partial charge in [0.25, 0.3) is 0 Å². The third kappa shape index (κ3) is 4.03. The minimum Gasteiger partial charge on any atom is -0.342 e. The number of rotatable bonds is 5. The predicted octanol–water partition coefficient (Wildman–Crippen LogP) is 3.80. The Morgan fingerprint density at radius 3 is 2.47 bits per heavy atom. The summed E-state index contributed by atoms with van der Waals surface area (Å²) in [5, 5.41) is -0.0476. The summed E-state index contributed by atoms with van der Waals surface area (Å²) in [5.74, 6) is 0.204. The Hall–Kier alpha value is -0.480. The van der Waals surface area contributed by atoms with Gasteiger partial charge in [-0.2, -0.15) is 0 Å². The van der Waals surface area contributed by atoms with Gasteiger partial charge in [-0.15, -0.1) is 11.8 Å². The van der Waals surface area contributed by atoms with Crippen molar-refractivity contribution in [1.82, 2.24) is 4.90 Å². The molecule has 0 bridgehead atoms. The number of halogens is 1. The fraction of sp³-hybridized carbons (Fsp3) is 0.462. The largest absolute Gasteiger partial charge is 0.342 e. The van der Waals surface area contributed by atoms with Gasteiger partial charge in [-0.1, -0.05) is 12.1 Å². The van der Waals surface area contributed by atoms with Crippen molar-refractivity contribution >= 4 is 33.6 Å². The van der Waals surface area contributed by atoms with Crippen LogP contribution >= 0.6 is 27.7 Å². The van der Waals surface area contributed by atoms with Crippen LogP contribution in [0.2, 0.25) is 0 Å². The number of amides is 1. The van der Waals surface area contributed by atoms with Crippen molar-refractivity contribution in [2.75, 3.05) is 13.1 Å². The third-order valence-corrected chi connectivity index (χ3v) is 4.68. The van der Waals surface area contributed by atoms with E-state index in [1.165, 1.54) is 0 Å². The number of carbonyl (C=O) groups is 1. The van der Waals surface area contributed by atoms with Crippen LogP contribution in [0.15, 0.2) is 33.6 Å². The average Bonchev–Trinajstić information content (AvgIpc) is 2.33. The van der Waals surface area contributed by atoms with Crippen molar-refractivity contribution in [2.24, 2.45) is 0 Å². The van der Waals surface area contributed by atoms with Gasteiger partial charge in [0.1, 0.15) is 0 Å². The summed E-state index contributed by atoms with van der Waals surface area (Å²) in [7, 11) is 0. The van der Waals surface area contributed by atoms with E-state index in [4.69, 9.17) is 0 Å². The lowest BCUT2D eigenvalue weighted by molar-refractivity contribution is -0.129. The van der Waals surface area contributed by atoms with Crippen molar-refractivity contribution < 1.29 is 4.79 Å². The molecule has 0 aliphatic rings. The lowest BCUT2D eigenvalue weighted by Gasteiger charge is -2.22. The van der Waals surface area contributed by atoms with E-state index < -0.39 is 0 Å². The van der Waals surface area contributed by atoms with E-state index in [-0.39, 0.29) is 11.2 Å². The van der Waals surface area contributed by atoms with E-state index in [2.05, 4.69) is 15.9 Å². The molecule has 1 aromatic carbocycles. The highest BCUT2D eigenvalue weighted by molar-refractivity contribution is 9.10. The third-order valence-electron chi connectivity index (χ3n) is 2.56. The maximum absolute atomic E-state index is 12.1. The Kier molecular flexibility index (Phi) is 6.06. The maximum Gasteiger partial charge on any atom is 0.235 e. The molecule has 4 heteroatoms. The molecule has 0 aliphatic heterocycles. The van der Waals surface area contributed by atoms with Crippen LogP contribution in [-0.4, -0.2) is 29.1 Å². The van der Waals surface area contributed by atoms with Gasteiger partial charge < -0.3 is 4.90 Å². The summed E-state index contributed by atoms with van der Waals surface area (Å²) in [6, 6.07) is 7.99. The molecule has 0 fully saturated rings. The van der Waals surface area contributed by atoms with Crippen LogP contribution in [0, 0.1) is 0 Å². The summed E-state index contributed by atoms with van der Waals surface area (Å²) >= 11 is 5.10. The van der Waals surface area contributed by atoms with Crippen LogP contribution in [0.5, 0.6) is 0 Å². The summed E-state index contributed by atoms with van der Waals surface area (Å²) in [5.41, 5.74) is 0. The smallest absolute Gasteiger partial charge is 0.235 e. The molecular weight excluding hydrogens is 298 g/mol. The highest BCUT2D eigenvalue weighted by Gasteiger charge is 2.19. The Morgan fingerprint density at radius 1 is 1.35 bits per heavy atom. The normalized spacial score (nSPS) is 12.2. The molecule has 0 radical (unpaired) electrons. The van der Waals surface area contributed by atoms with Crippen LogP contribution < -0.4 is 0 Å². The number of benzene rings is 1. The molecular formula is C13H18BrNOS. The van der Waals surface area contributed by atoms with Gasteiger partial charge in [0.05, 0.1) is 5.25 Å². The second-order valence-electron chi connectivity index (χ2n) is 3.70. The monoisotopic (exact) mass is 315 g/mol. The number of nitrogens with zero attached hydrogens (tertiary/aromatic N) is 1. The van der Waals surface area contributed by atoms with E-state index in [0.717, 1.165) is 22.5 Å². The molecule has 0 heterocycles. The van der Waals surface area contributed by atoms with E-state index >= 15 is 0 Å². The Morgan fingerprint density at radius 2 is 1.94 bits per heavy atom. The van der Waals surface area contributed by atoms with Gasteiger partial charge >= 0.3 is 0 Å². The van der Waals surface area contributed by atoms with Crippen molar-refractivity contribution in [1.29, 1.82) is 0 Å². The molecule has 0 aromatic heterocycles. The van der Waals surface area contributed by atoms with Gasteiger partial charge in [0, 0.05) is 22.5 Å². The van der Waals surface area contributed by atoms with Crippen LogP contribution in [0.1, 0.15) is 20.8 Å². The van der Waals surface area contributed by atoms with Crippen LogP contribution in [0.4, 0.5) is 0 Å². The SMILES string of the molecule is CCN(CC)C(=O)C(C)Sc1ccccc1Br. The maximum atomic E-state index is 12.1. The van der Waals surface area contributed by atoms with E-state index in [1.54, 1.807) is 11.8 Å². The highest BCUT2D eigenvalue weighted by Crippen LogP contribution is 2.30. The van der Waals surface area contributed by atoms with E-state index in [0.29, 0.717) is 0 Å². The lowest BCUT2D eigenvalue weighted by Crippen LogP contribution is -2.36. The fourth-order valence-electron chi connectivity index (χ4n) is 1.57. The van der Waals surface area contributed by atoms with Crippen LogP contribution in [0.25, 0.3) is 0 Å². The summed E-state index contributed by atoms with van der Waals surface area (Å²) in [6.07, 6.45) is 0. The fourth-order valence-corrected chi connectivity index (χ4v) is 3.11. The number of carbonyl (C=O) groups excluding carboxylic acids is 1. The van der Waals surface area contributed by atoms with Crippen LogP contribution in [-0.2, 0) is 4.79 Å². The minimum atomic E-state index is -0.0476. The molecule has 1 amide bonds. The zero-order valence-corrected chi connectivity index (χ0v) is 12.8. The molecule has 0 aliphatic carbocycles. The molecule has 1 rings (SSSR count). The number of hydrogen-bond acceptors (Lipinski definition) is 2. The van der Waals surface area contributed by atoms with E-state index in [1.807, 2.05) is 49.9 Å². The molecule has 17 heavy (non-hydrogen) atoms. The Bertz CT molecular complexity index is 379. The second-order valence-corrected chi connectivity index (χ2v) is 5.94. The first kappa shape index (κ1) is 14.6. The predicted molar refractivity (Wildman–Crippen MR) is 77.4 cm³/mol. The zero-order valence-electron chi connectivity index (χ0n) is 10.4. The standard InChI is InChI=1S/C13H18BrNOS/c1-4-15(5-2)13(16)10(3)17-12-9-7-6-8-11(12)14/h6-10H,4-5H2,1-3H3. The zero-order chi connectivity index (χ0) is 12.8. The summed E-state index contributed by atoms with van der Waals surface area (Å²) in [4.78, 5) is 15.1. The van der Waals surface area contributed by atoms with Crippen molar-refractivity contribution in [2.45, 2.75) is 30.9 Å². The molecule has 0 saturated heterocycles. The highest BCUT2D eigenvalue weighted by atomic mass is 79.9. The average molecular weight is 316 g/mol. The lowest BCUT2D eigenvalue weighted by atomic mass is 10.4. The molecule has 1 unspecified atom stereocenters.